The summed E-state index contributed by atoms with van der Waals surface area (Å²) in [5, 5.41) is 9.27. The van der Waals surface area contributed by atoms with Crippen molar-refractivity contribution < 1.29 is 19.4 Å². The smallest absolute Gasteiger partial charge is 0.336 e. The summed E-state index contributed by atoms with van der Waals surface area (Å²) >= 11 is 3.39. The van der Waals surface area contributed by atoms with Gasteiger partial charge in [0.2, 0.25) is 0 Å². The maximum atomic E-state index is 11.3. The highest BCUT2D eigenvalue weighted by atomic mass is 79.9. The van der Waals surface area contributed by atoms with E-state index >= 15 is 0 Å². The fourth-order valence-electron chi connectivity index (χ4n) is 3.10. The van der Waals surface area contributed by atoms with E-state index in [4.69, 9.17) is 9.47 Å². The van der Waals surface area contributed by atoms with Crippen molar-refractivity contribution in [3.05, 3.63) is 21.7 Å². The predicted octanol–water partition coefficient (Wildman–Crippen LogP) is 2.89. The second-order valence-corrected chi connectivity index (χ2v) is 6.82. The summed E-state index contributed by atoms with van der Waals surface area (Å²) in [6.45, 7) is 5.62. The highest BCUT2D eigenvalue weighted by molar-refractivity contribution is 9.10. The van der Waals surface area contributed by atoms with E-state index in [1.54, 1.807) is 13.0 Å². The number of fused-ring (bicyclic) bond motifs is 1. The van der Waals surface area contributed by atoms with Crippen LogP contribution in [0.2, 0.25) is 0 Å². The van der Waals surface area contributed by atoms with E-state index in [0.29, 0.717) is 21.5 Å². The van der Waals surface area contributed by atoms with Gasteiger partial charge in [0, 0.05) is 24.9 Å². The van der Waals surface area contributed by atoms with Gasteiger partial charge in [-0.05, 0) is 48.9 Å². The molecule has 0 radical (unpaired) electrons. The molecule has 1 aromatic rings. The third kappa shape index (κ3) is 2.30. The van der Waals surface area contributed by atoms with Crippen LogP contribution in [-0.4, -0.2) is 41.9 Å². The van der Waals surface area contributed by atoms with Gasteiger partial charge >= 0.3 is 5.97 Å². The van der Waals surface area contributed by atoms with Crippen LogP contribution in [0, 0.1) is 12.8 Å². The van der Waals surface area contributed by atoms with E-state index in [1.807, 2.05) is 6.92 Å². The molecule has 0 saturated carbocycles. The van der Waals surface area contributed by atoms with E-state index in [-0.39, 0.29) is 11.5 Å². The molecular weight excluding hydrogens is 338 g/mol. The molecule has 21 heavy (non-hydrogen) atoms. The highest BCUT2D eigenvalue weighted by Crippen LogP contribution is 2.50. The highest BCUT2D eigenvalue weighted by Gasteiger charge is 2.48. The maximum Gasteiger partial charge on any atom is 0.336 e. The number of carbonyl (C=O) groups is 1. The van der Waals surface area contributed by atoms with Crippen molar-refractivity contribution in [2.24, 2.45) is 5.92 Å². The molecule has 2 unspecified atom stereocenters. The molecule has 2 aliphatic rings. The number of aromatic carboxylic acids is 1. The van der Waals surface area contributed by atoms with Gasteiger partial charge in [-0.25, -0.2) is 4.79 Å². The number of hydrogen-bond donors (Lipinski definition) is 1. The third-order valence-corrected chi connectivity index (χ3v) is 5.00. The first-order valence-corrected chi connectivity index (χ1v) is 7.74. The van der Waals surface area contributed by atoms with Crippen molar-refractivity contribution in [3.63, 3.8) is 0 Å². The second kappa shape index (κ2) is 4.88. The first-order chi connectivity index (χ1) is 9.82. The topological polar surface area (TPSA) is 59.0 Å². The third-order valence-electron chi connectivity index (χ3n) is 4.41. The summed E-state index contributed by atoms with van der Waals surface area (Å²) < 4.78 is 12.8. The molecule has 2 atom stereocenters. The minimum Gasteiger partial charge on any atom is -0.478 e. The number of carboxylic acids is 1. The minimum absolute atomic E-state index is 0.233. The lowest BCUT2D eigenvalue weighted by Crippen LogP contribution is -2.44. The van der Waals surface area contributed by atoms with Crippen LogP contribution in [0.25, 0.3) is 0 Å². The number of halogens is 1. The van der Waals surface area contributed by atoms with Gasteiger partial charge in [-0.15, -0.1) is 0 Å². The monoisotopic (exact) mass is 355 g/mol. The zero-order chi connectivity index (χ0) is 15.4. The van der Waals surface area contributed by atoms with Crippen molar-refractivity contribution >= 4 is 21.9 Å². The number of ether oxygens (including phenoxy) is 2. The average molecular weight is 356 g/mol. The number of hydrogen-bond acceptors (Lipinski definition) is 4. The minimum atomic E-state index is -0.964. The molecule has 0 aliphatic carbocycles. The molecule has 6 heteroatoms. The van der Waals surface area contributed by atoms with Crippen molar-refractivity contribution in [2.45, 2.75) is 26.1 Å². The standard InChI is InChI=1S/C15H18BrNO4/c1-8-10(14(18)19)6-11(16)13-12(8)20-15(2,21-13)9-4-5-17(3)7-9/h6,9H,4-5,7H2,1-3H3,(H,18,19). The molecule has 2 heterocycles. The largest absolute Gasteiger partial charge is 0.478 e. The van der Waals surface area contributed by atoms with Crippen LogP contribution in [0.4, 0.5) is 0 Å². The Hall–Kier alpha value is -1.27. The molecule has 114 valence electrons. The van der Waals surface area contributed by atoms with Crippen LogP contribution in [-0.2, 0) is 0 Å². The number of rotatable bonds is 2. The summed E-state index contributed by atoms with van der Waals surface area (Å²) in [6.07, 6.45) is 1.00. The number of carboxylic acid groups (broad SMARTS) is 1. The average Bonchev–Trinajstić information content (AvgIpc) is 2.99. The molecule has 1 saturated heterocycles. The van der Waals surface area contributed by atoms with Gasteiger partial charge in [0.1, 0.15) is 0 Å². The van der Waals surface area contributed by atoms with Gasteiger partial charge in [-0.2, -0.15) is 0 Å². The molecule has 3 rings (SSSR count). The van der Waals surface area contributed by atoms with Gasteiger partial charge in [0.25, 0.3) is 5.79 Å². The normalized spacial score (nSPS) is 28.1. The lowest BCUT2D eigenvalue weighted by atomic mass is 9.99. The fraction of sp³-hybridized carbons (Fsp3) is 0.533. The Balaban J connectivity index is 1.99. The molecule has 5 nitrogen and oxygen atoms in total. The van der Waals surface area contributed by atoms with Crippen LogP contribution >= 0.6 is 15.9 Å². The second-order valence-electron chi connectivity index (χ2n) is 5.96. The Morgan fingerprint density at radius 2 is 2.14 bits per heavy atom. The van der Waals surface area contributed by atoms with E-state index < -0.39 is 11.8 Å². The summed E-state index contributed by atoms with van der Waals surface area (Å²) in [7, 11) is 2.08. The summed E-state index contributed by atoms with van der Waals surface area (Å²) in [5.41, 5.74) is 0.841. The zero-order valence-electron chi connectivity index (χ0n) is 12.3. The fourth-order valence-corrected chi connectivity index (χ4v) is 3.59. The molecule has 1 fully saturated rings. The molecule has 0 aromatic heterocycles. The summed E-state index contributed by atoms with van der Waals surface area (Å²) in [6, 6.07) is 1.58. The van der Waals surface area contributed by atoms with Gasteiger partial charge in [0.15, 0.2) is 11.5 Å². The van der Waals surface area contributed by atoms with Crippen LogP contribution < -0.4 is 9.47 Å². The maximum absolute atomic E-state index is 11.3. The lowest BCUT2D eigenvalue weighted by molar-refractivity contribution is -0.106. The van der Waals surface area contributed by atoms with Crippen LogP contribution in [0.1, 0.15) is 29.3 Å². The van der Waals surface area contributed by atoms with Gasteiger partial charge in [0.05, 0.1) is 10.0 Å². The van der Waals surface area contributed by atoms with Gasteiger partial charge in [-0.1, -0.05) is 0 Å². The summed E-state index contributed by atoms with van der Waals surface area (Å²) in [4.78, 5) is 13.6. The molecule has 2 aliphatic heterocycles. The van der Waals surface area contributed by atoms with Crippen molar-refractivity contribution in [1.29, 1.82) is 0 Å². The number of likely N-dealkylation sites (tertiary alicyclic amines) is 1. The van der Waals surface area contributed by atoms with Crippen LogP contribution in [0.5, 0.6) is 11.5 Å². The van der Waals surface area contributed by atoms with E-state index in [1.165, 1.54) is 0 Å². The molecule has 0 amide bonds. The molecule has 1 N–H and O–H groups in total. The lowest BCUT2D eigenvalue weighted by Gasteiger charge is -2.29. The Bertz CT molecular complexity index is 618. The first kappa shape index (κ1) is 14.7. The quantitative estimate of drug-likeness (QED) is 0.883. The number of nitrogens with zero attached hydrogens (tertiary/aromatic N) is 1. The SMILES string of the molecule is Cc1c(C(=O)O)cc(Br)c2c1OC(C)(C1CCN(C)C1)O2. The molecule has 0 spiro atoms. The molecule has 0 bridgehead atoms. The van der Waals surface area contributed by atoms with Crippen LogP contribution in [0.3, 0.4) is 0 Å². The molecular formula is C15H18BrNO4. The molecule has 1 aromatic carbocycles. The van der Waals surface area contributed by atoms with Crippen molar-refractivity contribution in [1.82, 2.24) is 4.90 Å². The van der Waals surface area contributed by atoms with E-state index in [9.17, 15) is 9.90 Å². The Morgan fingerprint density at radius 3 is 2.71 bits per heavy atom. The van der Waals surface area contributed by atoms with Gasteiger partial charge < -0.3 is 19.5 Å². The predicted molar refractivity (Wildman–Crippen MR) is 81.1 cm³/mol. The van der Waals surface area contributed by atoms with Gasteiger partial charge in [-0.3, -0.25) is 0 Å². The van der Waals surface area contributed by atoms with Crippen molar-refractivity contribution in [3.8, 4) is 11.5 Å². The Kier molecular flexibility index (Phi) is 3.41. The van der Waals surface area contributed by atoms with E-state index in [2.05, 4.69) is 27.9 Å². The summed E-state index contributed by atoms with van der Waals surface area (Å²) in [5.74, 6) is -0.297. The Morgan fingerprint density at radius 1 is 1.48 bits per heavy atom. The Labute approximate surface area is 132 Å². The zero-order valence-corrected chi connectivity index (χ0v) is 13.9. The van der Waals surface area contributed by atoms with Crippen molar-refractivity contribution in [2.75, 3.05) is 20.1 Å². The number of benzene rings is 1. The van der Waals surface area contributed by atoms with Crippen LogP contribution in [0.15, 0.2) is 10.5 Å². The van der Waals surface area contributed by atoms with E-state index in [0.717, 1.165) is 19.5 Å². The first-order valence-electron chi connectivity index (χ1n) is 6.95.